The summed E-state index contributed by atoms with van der Waals surface area (Å²) in [5, 5.41) is 2.48. The van der Waals surface area contributed by atoms with Crippen LogP contribution in [0, 0.1) is 3.57 Å². The van der Waals surface area contributed by atoms with E-state index in [1.807, 2.05) is 6.07 Å². The number of methoxy groups -OCH3 is 1. The highest BCUT2D eigenvalue weighted by Gasteiger charge is 2.10. The van der Waals surface area contributed by atoms with Crippen molar-refractivity contribution in [2.75, 3.05) is 7.11 Å². The summed E-state index contributed by atoms with van der Waals surface area (Å²) in [6, 6.07) is 13.6. The van der Waals surface area contributed by atoms with Gasteiger partial charge in [0.25, 0.3) is 11.8 Å². The van der Waals surface area contributed by atoms with E-state index in [0.717, 1.165) is 3.57 Å². The van der Waals surface area contributed by atoms with Gasteiger partial charge in [0.05, 0.1) is 10.7 Å². The van der Waals surface area contributed by atoms with Crippen LogP contribution in [0.15, 0.2) is 48.5 Å². The molecule has 0 aliphatic carbocycles. The van der Waals surface area contributed by atoms with Crippen molar-refractivity contribution >= 4 is 51.7 Å². The summed E-state index contributed by atoms with van der Waals surface area (Å²) in [4.78, 5) is 24.0. The molecular weight excluding hydrogens is 441 g/mol. The fourth-order valence-electron chi connectivity index (χ4n) is 1.79. The van der Waals surface area contributed by atoms with Gasteiger partial charge in [0.15, 0.2) is 5.11 Å². The molecule has 0 aliphatic rings. The molecule has 0 heterocycles. The third kappa shape index (κ3) is 4.90. The molecule has 0 saturated carbocycles. The Morgan fingerprint density at radius 3 is 2.33 bits per heavy atom. The fraction of sp³-hybridized carbons (Fsp3) is 0.0625. The van der Waals surface area contributed by atoms with Crippen molar-refractivity contribution in [1.29, 1.82) is 0 Å². The molecule has 6 nitrogen and oxygen atoms in total. The van der Waals surface area contributed by atoms with Crippen molar-refractivity contribution in [3.8, 4) is 5.75 Å². The van der Waals surface area contributed by atoms with Crippen molar-refractivity contribution in [3.63, 3.8) is 0 Å². The quantitative estimate of drug-likeness (QED) is 0.376. The minimum atomic E-state index is -0.383. The minimum Gasteiger partial charge on any atom is -0.496 e. The number of rotatable bonds is 3. The Hall–Kier alpha value is -2.20. The molecular formula is C16H14IN3O3S. The van der Waals surface area contributed by atoms with Gasteiger partial charge in [-0.05, 0) is 65.1 Å². The lowest BCUT2D eigenvalue weighted by atomic mass is 10.2. The molecule has 0 aromatic heterocycles. The Morgan fingerprint density at radius 1 is 1.00 bits per heavy atom. The van der Waals surface area contributed by atoms with Crippen molar-refractivity contribution in [1.82, 2.24) is 16.2 Å². The van der Waals surface area contributed by atoms with E-state index < -0.39 is 0 Å². The number of carbonyl (C=O) groups is 2. The monoisotopic (exact) mass is 455 g/mol. The van der Waals surface area contributed by atoms with Crippen molar-refractivity contribution in [2.45, 2.75) is 0 Å². The first-order chi connectivity index (χ1) is 11.5. The second-order valence-corrected chi connectivity index (χ2v) is 6.15. The zero-order valence-corrected chi connectivity index (χ0v) is 15.6. The van der Waals surface area contributed by atoms with Gasteiger partial charge in [-0.1, -0.05) is 18.2 Å². The minimum absolute atomic E-state index is 0.000381. The summed E-state index contributed by atoms with van der Waals surface area (Å²) in [5.41, 5.74) is 5.83. The molecule has 0 aliphatic heterocycles. The first-order valence-corrected chi connectivity index (χ1v) is 8.30. The van der Waals surface area contributed by atoms with Crippen LogP contribution in [0.1, 0.15) is 20.7 Å². The Bertz CT molecular complexity index is 768. The number of hydrazine groups is 1. The molecule has 0 bridgehead atoms. The van der Waals surface area contributed by atoms with Crippen LogP contribution in [0.3, 0.4) is 0 Å². The smallest absolute Gasteiger partial charge is 0.269 e. The van der Waals surface area contributed by atoms with E-state index >= 15 is 0 Å². The van der Waals surface area contributed by atoms with Crippen LogP contribution in [0.5, 0.6) is 5.75 Å². The zero-order chi connectivity index (χ0) is 17.5. The van der Waals surface area contributed by atoms with Gasteiger partial charge in [-0.15, -0.1) is 0 Å². The molecule has 124 valence electrons. The highest BCUT2D eigenvalue weighted by molar-refractivity contribution is 14.1. The van der Waals surface area contributed by atoms with Crippen LogP contribution >= 0.6 is 34.8 Å². The van der Waals surface area contributed by atoms with E-state index in [1.165, 1.54) is 0 Å². The molecule has 2 aromatic carbocycles. The van der Waals surface area contributed by atoms with Crippen LogP contribution in [-0.2, 0) is 0 Å². The molecule has 0 atom stereocenters. The molecule has 2 aromatic rings. The summed E-state index contributed by atoms with van der Waals surface area (Å²) in [7, 11) is 1.56. The van der Waals surface area contributed by atoms with Crippen LogP contribution in [0.25, 0.3) is 0 Å². The third-order valence-electron chi connectivity index (χ3n) is 2.97. The number of benzene rings is 2. The number of halogens is 1. The Labute approximate surface area is 158 Å². The lowest BCUT2D eigenvalue weighted by Gasteiger charge is -2.11. The maximum Gasteiger partial charge on any atom is 0.269 e. The number of amides is 2. The predicted octanol–water partition coefficient (Wildman–Crippen LogP) is 2.25. The first-order valence-electron chi connectivity index (χ1n) is 6.81. The highest BCUT2D eigenvalue weighted by Crippen LogP contribution is 2.21. The van der Waals surface area contributed by atoms with Gasteiger partial charge < -0.3 is 4.74 Å². The predicted molar refractivity (Wildman–Crippen MR) is 103 cm³/mol. The van der Waals surface area contributed by atoms with E-state index in [4.69, 9.17) is 17.0 Å². The Balaban J connectivity index is 1.88. The molecule has 0 saturated heterocycles. The van der Waals surface area contributed by atoms with Crippen molar-refractivity contribution < 1.29 is 14.3 Å². The van der Waals surface area contributed by atoms with E-state index in [2.05, 4.69) is 38.8 Å². The van der Waals surface area contributed by atoms with E-state index in [9.17, 15) is 9.59 Å². The van der Waals surface area contributed by atoms with Crippen LogP contribution in [0.2, 0.25) is 0 Å². The summed E-state index contributed by atoms with van der Waals surface area (Å²) < 4.78 is 5.95. The normalized spacial score (nSPS) is 9.75. The SMILES string of the molecule is COc1ccc(C(=O)NNC(=S)NC(=O)c2ccccc2)cc1I. The van der Waals surface area contributed by atoms with E-state index in [0.29, 0.717) is 16.9 Å². The topological polar surface area (TPSA) is 79.5 Å². The average molecular weight is 455 g/mol. The average Bonchev–Trinajstić information content (AvgIpc) is 2.60. The summed E-state index contributed by atoms with van der Waals surface area (Å²) >= 11 is 7.06. The Kier molecular flexibility index (Phi) is 6.50. The largest absolute Gasteiger partial charge is 0.496 e. The fourth-order valence-corrected chi connectivity index (χ4v) is 2.67. The van der Waals surface area contributed by atoms with Crippen LogP contribution in [0.4, 0.5) is 0 Å². The van der Waals surface area contributed by atoms with Gasteiger partial charge in [-0.2, -0.15) is 0 Å². The molecule has 0 spiro atoms. The summed E-state index contributed by atoms with van der Waals surface area (Å²) in [6.45, 7) is 0. The molecule has 0 unspecified atom stereocenters. The number of hydrogen-bond acceptors (Lipinski definition) is 4. The van der Waals surface area contributed by atoms with Crippen LogP contribution in [-0.4, -0.2) is 24.0 Å². The lowest BCUT2D eigenvalue weighted by molar-refractivity contribution is 0.0934. The van der Waals surface area contributed by atoms with Crippen molar-refractivity contribution in [2.24, 2.45) is 0 Å². The Morgan fingerprint density at radius 2 is 1.71 bits per heavy atom. The van der Waals surface area contributed by atoms with Gasteiger partial charge in [0.2, 0.25) is 0 Å². The van der Waals surface area contributed by atoms with Crippen molar-refractivity contribution in [3.05, 3.63) is 63.2 Å². The maximum atomic E-state index is 12.1. The van der Waals surface area contributed by atoms with Gasteiger partial charge in [0.1, 0.15) is 5.75 Å². The zero-order valence-electron chi connectivity index (χ0n) is 12.6. The van der Waals surface area contributed by atoms with E-state index in [-0.39, 0.29) is 16.9 Å². The molecule has 2 amide bonds. The third-order valence-corrected chi connectivity index (χ3v) is 4.01. The molecule has 2 rings (SSSR count). The van der Waals surface area contributed by atoms with Gasteiger partial charge in [0, 0.05) is 11.1 Å². The van der Waals surface area contributed by atoms with Gasteiger partial charge >= 0.3 is 0 Å². The second-order valence-electron chi connectivity index (χ2n) is 4.58. The highest BCUT2D eigenvalue weighted by atomic mass is 127. The van der Waals surface area contributed by atoms with Gasteiger partial charge in [-0.25, -0.2) is 0 Å². The number of carbonyl (C=O) groups excluding carboxylic acids is 2. The maximum absolute atomic E-state index is 12.1. The van der Waals surface area contributed by atoms with Crippen LogP contribution < -0.4 is 20.9 Å². The number of thiocarbonyl (C=S) groups is 1. The standard InChI is InChI=1S/C16H14IN3O3S/c1-23-13-8-7-11(9-12(13)17)15(22)19-20-16(24)18-14(21)10-5-3-2-4-6-10/h2-9H,1H3,(H,19,22)(H2,18,20,21,24). The summed E-state index contributed by atoms with van der Waals surface area (Å²) in [6.07, 6.45) is 0. The molecule has 0 radical (unpaired) electrons. The second kappa shape index (κ2) is 8.60. The number of nitrogens with one attached hydrogen (secondary N) is 3. The number of hydrogen-bond donors (Lipinski definition) is 3. The van der Waals surface area contributed by atoms with E-state index in [1.54, 1.807) is 49.6 Å². The molecule has 24 heavy (non-hydrogen) atoms. The summed E-state index contributed by atoms with van der Waals surface area (Å²) in [5.74, 6) is -0.0565. The first kappa shape index (κ1) is 18.1. The molecule has 3 N–H and O–H groups in total. The molecule has 8 heteroatoms. The van der Waals surface area contributed by atoms with Gasteiger partial charge in [-0.3, -0.25) is 25.8 Å². The molecule has 0 fully saturated rings. The lowest BCUT2D eigenvalue weighted by Crippen LogP contribution is -2.48. The number of ether oxygens (including phenoxy) is 1.